The van der Waals surface area contributed by atoms with Crippen LogP contribution < -0.4 is 9.64 Å². The fourth-order valence-corrected chi connectivity index (χ4v) is 5.61. The largest absolute Gasteiger partial charge is 0.497 e. The number of hydrogen-bond donors (Lipinski definition) is 0. The van der Waals surface area contributed by atoms with Crippen molar-refractivity contribution in [2.75, 3.05) is 31.6 Å². The van der Waals surface area contributed by atoms with Crippen LogP contribution in [0.15, 0.2) is 53.4 Å². The Morgan fingerprint density at radius 1 is 1.03 bits per heavy atom. The third kappa shape index (κ3) is 4.13. The Labute approximate surface area is 177 Å². The van der Waals surface area contributed by atoms with Gasteiger partial charge in [0.1, 0.15) is 5.75 Å². The molecule has 2 aromatic rings. The molecule has 2 aromatic carbocycles. The first-order valence-electron chi connectivity index (χ1n) is 10.3. The second-order valence-corrected chi connectivity index (χ2v) is 9.54. The van der Waals surface area contributed by atoms with E-state index in [4.69, 9.17) is 4.74 Å². The lowest BCUT2D eigenvalue weighted by molar-refractivity contribution is -0.114. The van der Waals surface area contributed by atoms with Gasteiger partial charge in [-0.15, -0.1) is 0 Å². The number of hydrogen-bond acceptors (Lipinski definition) is 4. The summed E-state index contributed by atoms with van der Waals surface area (Å²) >= 11 is 0. The van der Waals surface area contributed by atoms with Gasteiger partial charge in [0, 0.05) is 31.4 Å². The van der Waals surface area contributed by atoms with Crippen molar-refractivity contribution >= 4 is 27.7 Å². The van der Waals surface area contributed by atoms with Crippen molar-refractivity contribution in [1.29, 1.82) is 0 Å². The smallest absolute Gasteiger partial charge is 0.250 e. The molecule has 0 N–H and O–H groups in total. The number of methoxy groups -OCH3 is 1. The van der Waals surface area contributed by atoms with Gasteiger partial charge in [0.05, 0.1) is 12.0 Å². The Bertz CT molecular complexity index is 1070. The summed E-state index contributed by atoms with van der Waals surface area (Å²) in [5, 5.41) is 0. The lowest BCUT2D eigenvalue weighted by Gasteiger charge is -2.29. The highest BCUT2D eigenvalue weighted by Gasteiger charge is 2.29. The Balaban J connectivity index is 1.56. The minimum atomic E-state index is -3.46. The monoisotopic (exact) mass is 426 g/mol. The molecular weight excluding hydrogens is 400 g/mol. The maximum Gasteiger partial charge on any atom is 0.250 e. The summed E-state index contributed by atoms with van der Waals surface area (Å²) in [7, 11) is -1.85. The molecule has 2 aliphatic heterocycles. The van der Waals surface area contributed by atoms with Gasteiger partial charge in [-0.25, -0.2) is 8.42 Å². The van der Waals surface area contributed by atoms with Crippen LogP contribution >= 0.6 is 0 Å². The van der Waals surface area contributed by atoms with E-state index in [-0.39, 0.29) is 5.91 Å². The maximum atomic E-state index is 12.9. The van der Waals surface area contributed by atoms with Crippen molar-refractivity contribution in [3.8, 4) is 5.75 Å². The molecule has 0 bridgehead atoms. The molecule has 0 radical (unpaired) electrons. The quantitative estimate of drug-likeness (QED) is 0.687. The van der Waals surface area contributed by atoms with Gasteiger partial charge in [-0.05, 0) is 73.2 Å². The van der Waals surface area contributed by atoms with Crippen molar-refractivity contribution in [3.63, 3.8) is 0 Å². The number of nitrogens with zero attached hydrogens (tertiary/aromatic N) is 2. The Morgan fingerprint density at radius 3 is 2.60 bits per heavy atom. The zero-order chi connectivity index (χ0) is 21.1. The number of carbonyl (C=O) groups excluding carboxylic acids is 1. The molecule has 4 rings (SSSR count). The average Bonchev–Trinajstić information content (AvgIpc) is 3.32. The van der Waals surface area contributed by atoms with Crippen LogP contribution in [0.2, 0.25) is 0 Å². The third-order valence-corrected chi connectivity index (χ3v) is 7.55. The molecule has 0 aliphatic carbocycles. The molecule has 0 atom stereocenters. The summed E-state index contributed by atoms with van der Waals surface area (Å²) in [4.78, 5) is 14.9. The van der Waals surface area contributed by atoms with Crippen molar-refractivity contribution < 1.29 is 17.9 Å². The Kier molecular flexibility index (Phi) is 5.92. The highest BCUT2D eigenvalue weighted by atomic mass is 32.2. The molecule has 0 aromatic heterocycles. The number of rotatable bonds is 5. The molecule has 0 saturated carbocycles. The van der Waals surface area contributed by atoms with E-state index in [1.807, 2.05) is 24.3 Å². The van der Waals surface area contributed by atoms with Crippen molar-refractivity contribution in [2.24, 2.45) is 0 Å². The summed E-state index contributed by atoms with van der Waals surface area (Å²) in [6.07, 6.45) is 6.71. The van der Waals surface area contributed by atoms with E-state index in [0.717, 1.165) is 48.2 Å². The fraction of sp³-hybridized carbons (Fsp3) is 0.348. The third-order valence-electron chi connectivity index (χ3n) is 5.65. The minimum absolute atomic E-state index is 0.117. The van der Waals surface area contributed by atoms with Gasteiger partial charge in [-0.3, -0.25) is 4.79 Å². The topological polar surface area (TPSA) is 66.9 Å². The number of amides is 1. The summed E-state index contributed by atoms with van der Waals surface area (Å²) in [6.45, 7) is 1.78. The van der Waals surface area contributed by atoms with Crippen molar-refractivity contribution in [2.45, 2.75) is 30.6 Å². The van der Waals surface area contributed by atoms with E-state index < -0.39 is 10.0 Å². The maximum absolute atomic E-state index is 12.9. The molecule has 30 heavy (non-hydrogen) atoms. The summed E-state index contributed by atoms with van der Waals surface area (Å²) in [5.74, 6) is 0.619. The molecule has 6 nitrogen and oxygen atoms in total. The standard InChI is InChI=1S/C23H26N2O4S/c1-29-20-8-4-6-18(16-20)9-12-23(26)25-15-5-7-19-17-21(10-11-22(19)25)30(27,28)24-13-2-3-14-24/h4,6,8-12,16-17H,2-3,5,7,13-15H2,1H3/b12-9+. The normalized spacial score (nSPS) is 17.3. The number of ether oxygens (including phenoxy) is 1. The molecule has 1 amide bonds. The number of anilines is 1. The molecule has 7 heteroatoms. The van der Waals surface area contributed by atoms with Crippen LogP contribution in [-0.2, 0) is 21.2 Å². The molecule has 0 unspecified atom stereocenters. The molecular formula is C23H26N2O4S. The summed E-state index contributed by atoms with van der Waals surface area (Å²) < 4.78 is 32.5. The Morgan fingerprint density at radius 2 is 1.83 bits per heavy atom. The van der Waals surface area contributed by atoms with Gasteiger partial charge in [-0.2, -0.15) is 4.31 Å². The molecule has 1 fully saturated rings. The molecule has 2 aliphatic rings. The highest BCUT2D eigenvalue weighted by molar-refractivity contribution is 7.89. The van der Waals surface area contributed by atoms with Crippen LogP contribution in [0.1, 0.15) is 30.4 Å². The lowest BCUT2D eigenvalue weighted by atomic mass is 10.0. The predicted molar refractivity (Wildman–Crippen MR) is 117 cm³/mol. The van der Waals surface area contributed by atoms with E-state index in [1.165, 1.54) is 0 Å². The van der Waals surface area contributed by atoms with Crippen LogP contribution in [-0.4, -0.2) is 45.4 Å². The average molecular weight is 427 g/mol. The van der Waals surface area contributed by atoms with E-state index in [2.05, 4.69) is 0 Å². The van der Waals surface area contributed by atoms with Crippen LogP contribution in [0.5, 0.6) is 5.75 Å². The lowest BCUT2D eigenvalue weighted by Crippen LogP contribution is -2.34. The second-order valence-electron chi connectivity index (χ2n) is 7.61. The van der Waals surface area contributed by atoms with Gasteiger partial charge < -0.3 is 9.64 Å². The first-order valence-corrected chi connectivity index (χ1v) is 11.7. The number of fused-ring (bicyclic) bond motifs is 1. The van der Waals surface area contributed by atoms with Crippen LogP contribution in [0.25, 0.3) is 6.08 Å². The van der Waals surface area contributed by atoms with E-state index >= 15 is 0 Å². The van der Waals surface area contributed by atoms with E-state index in [0.29, 0.717) is 24.5 Å². The van der Waals surface area contributed by atoms with Gasteiger partial charge in [-0.1, -0.05) is 12.1 Å². The number of sulfonamides is 1. The van der Waals surface area contributed by atoms with E-state index in [9.17, 15) is 13.2 Å². The molecule has 0 spiro atoms. The Hall–Kier alpha value is -2.64. The molecule has 2 heterocycles. The second kappa shape index (κ2) is 8.62. The summed E-state index contributed by atoms with van der Waals surface area (Å²) in [6, 6.07) is 12.7. The van der Waals surface area contributed by atoms with Gasteiger partial charge in [0.2, 0.25) is 10.0 Å². The van der Waals surface area contributed by atoms with Gasteiger partial charge in [0.25, 0.3) is 5.91 Å². The number of benzene rings is 2. The molecule has 1 saturated heterocycles. The SMILES string of the molecule is COc1cccc(/C=C/C(=O)N2CCCc3cc(S(=O)(=O)N4CCCC4)ccc32)c1. The van der Waals surface area contributed by atoms with Crippen LogP contribution in [0, 0.1) is 0 Å². The fourth-order valence-electron chi connectivity index (χ4n) is 4.04. The predicted octanol–water partition coefficient (Wildman–Crippen LogP) is 3.47. The minimum Gasteiger partial charge on any atom is -0.497 e. The molecule has 158 valence electrons. The van der Waals surface area contributed by atoms with Gasteiger partial charge >= 0.3 is 0 Å². The number of aryl methyl sites for hydroxylation is 1. The first-order chi connectivity index (χ1) is 14.5. The highest BCUT2D eigenvalue weighted by Crippen LogP contribution is 2.31. The summed E-state index contributed by atoms with van der Waals surface area (Å²) in [5.41, 5.74) is 2.58. The van der Waals surface area contributed by atoms with Gasteiger partial charge in [0.15, 0.2) is 0 Å². The first kappa shape index (κ1) is 20.6. The van der Waals surface area contributed by atoms with E-state index in [1.54, 1.807) is 46.7 Å². The zero-order valence-electron chi connectivity index (χ0n) is 17.1. The zero-order valence-corrected chi connectivity index (χ0v) is 17.9. The van der Waals surface area contributed by atoms with Crippen molar-refractivity contribution in [3.05, 3.63) is 59.7 Å². The van der Waals surface area contributed by atoms with Crippen LogP contribution in [0.3, 0.4) is 0 Å². The number of carbonyl (C=O) groups is 1. The van der Waals surface area contributed by atoms with Crippen LogP contribution in [0.4, 0.5) is 5.69 Å². The van der Waals surface area contributed by atoms with Crippen molar-refractivity contribution in [1.82, 2.24) is 4.31 Å².